The van der Waals surface area contributed by atoms with Gasteiger partial charge in [-0.1, -0.05) is 43.7 Å². The van der Waals surface area contributed by atoms with E-state index in [0.29, 0.717) is 12.2 Å². The van der Waals surface area contributed by atoms with E-state index >= 15 is 0 Å². The number of esters is 1. The van der Waals surface area contributed by atoms with Crippen LogP contribution in [0.15, 0.2) is 47.3 Å². The maximum absolute atomic E-state index is 13.0. The fraction of sp³-hybridized carbons (Fsp3) is 0.385. The van der Waals surface area contributed by atoms with Crippen molar-refractivity contribution in [2.45, 2.75) is 66.0 Å². The van der Waals surface area contributed by atoms with Gasteiger partial charge in [0.2, 0.25) is 0 Å². The molecule has 1 heterocycles. The van der Waals surface area contributed by atoms with Crippen LogP contribution in [0.2, 0.25) is 0 Å². The summed E-state index contributed by atoms with van der Waals surface area (Å²) in [5.74, 6) is -0.944. The maximum Gasteiger partial charge on any atom is 0.306 e. The summed E-state index contributed by atoms with van der Waals surface area (Å²) >= 11 is 0. The number of carbonyl (C=O) groups is 2. The lowest BCUT2D eigenvalue weighted by atomic mass is 10.1. The molecular formula is C26H31N3O4. The van der Waals surface area contributed by atoms with Crippen LogP contribution in [0.5, 0.6) is 0 Å². The average Bonchev–Trinajstić information content (AvgIpc) is 2.79. The largest absolute Gasteiger partial charge is 0.453 e. The van der Waals surface area contributed by atoms with Crippen LogP contribution in [0.4, 0.5) is 5.69 Å². The zero-order chi connectivity index (χ0) is 24.0. The van der Waals surface area contributed by atoms with E-state index in [0.717, 1.165) is 40.7 Å². The molecule has 33 heavy (non-hydrogen) atoms. The highest BCUT2D eigenvalue weighted by molar-refractivity contribution is 5.96. The molecular weight excluding hydrogens is 418 g/mol. The first kappa shape index (κ1) is 24.2. The molecule has 0 bridgehead atoms. The number of anilines is 1. The van der Waals surface area contributed by atoms with Crippen LogP contribution >= 0.6 is 0 Å². The number of nitrogens with one attached hydrogen (secondary N) is 1. The zero-order valence-electron chi connectivity index (χ0n) is 19.7. The lowest BCUT2D eigenvalue weighted by Gasteiger charge is -2.16. The maximum atomic E-state index is 13.0. The summed E-state index contributed by atoms with van der Waals surface area (Å²) in [6, 6.07) is 13.2. The average molecular weight is 450 g/mol. The summed E-state index contributed by atoms with van der Waals surface area (Å²) in [4.78, 5) is 42.4. The van der Waals surface area contributed by atoms with Gasteiger partial charge in [0.25, 0.3) is 11.5 Å². The highest BCUT2D eigenvalue weighted by atomic mass is 16.5. The Labute approximate surface area is 193 Å². The lowest BCUT2D eigenvalue weighted by Crippen LogP contribution is -2.31. The number of amides is 1. The molecule has 174 valence electrons. The Morgan fingerprint density at radius 3 is 2.48 bits per heavy atom. The standard InChI is InChI=1S/C26H31N3O4/c1-5-6-16-29-22-13-8-7-12-20(22)27-21(26(29)32)14-15-23(30)33-19(4)25(31)28-24-17(2)10-9-11-18(24)3/h7-13,19H,5-6,14-16H2,1-4H3,(H,28,31). The van der Waals surface area contributed by atoms with Gasteiger partial charge in [-0.2, -0.15) is 0 Å². The van der Waals surface area contributed by atoms with E-state index in [1.54, 1.807) is 4.57 Å². The number of rotatable bonds is 9. The van der Waals surface area contributed by atoms with Crippen molar-refractivity contribution in [1.29, 1.82) is 0 Å². The monoisotopic (exact) mass is 449 g/mol. The number of para-hydroxylation sites is 3. The van der Waals surface area contributed by atoms with Crippen molar-refractivity contribution in [3.05, 3.63) is 69.6 Å². The van der Waals surface area contributed by atoms with E-state index in [2.05, 4.69) is 17.2 Å². The third-order valence-corrected chi connectivity index (χ3v) is 5.63. The van der Waals surface area contributed by atoms with Crippen LogP contribution in [-0.2, 0) is 27.3 Å². The minimum atomic E-state index is -0.956. The van der Waals surface area contributed by atoms with Crippen LogP contribution in [0.3, 0.4) is 0 Å². The molecule has 7 heteroatoms. The molecule has 0 saturated carbocycles. The molecule has 0 saturated heterocycles. The van der Waals surface area contributed by atoms with Gasteiger partial charge >= 0.3 is 5.97 Å². The molecule has 0 radical (unpaired) electrons. The third kappa shape index (κ3) is 5.86. The molecule has 0 fully saturated rings. The summed E-state index contributed by atoms with van der Waals surface area (Å²) in [6.45, 7) is 8.02. The summed E-state index contributed by atoms with van der Waals surface area (Å²) < 4.78 is 7.05. The van der Waals surface area contributed by atoms with Gasteiger partial charge in [0, 0.05) is 18.7 Å². The van der Waals surface area contributed by atoms with Gasteiger partial charge in [-0.15, -0.1) is 0 Å². The number of nitrogens with zero attached hydrogens (tertiary/aromatic N) is 2. The third-order valence-electron chi connectivity index (χ3n) is 5.63. The Morgan fingerprint density at radius 1 is 1.09 bits per heavy atom. The number of unbranched alkanes of at least 4 members (excludes halogenated alkanes) is 1. The molecule has 7 nitrogen and oxygen atoms in total. The minimum absolute atomic E-state index is 0.0324. The highest BCUT2D eigenvalue weighted by Crippen LogP contribution is 2.20. The Kier molecular flexibility index (Phi) is 7.98. The summed E-state index contributed by atoms with van der Waals surface area (Å²) in [5.41, 5.74) is 4.24. The van der Waals surface area contributed by atoms with Gasteiger partial charge in [0.15, 0.2) is 6.10 Å². The molecule has 3 rings (SSSR count). The van der Waals surface area contributed by atoms with Crippen molar-refractivity contribution in [3.8, 4) is 0 Å². The van der Waals surface area contributed by atoms with Crippen LogP contribution in [-0.4, -0.2) is 27.5 Å². The number of ether oxygens (including phenoxy) is 1. The topological polar surface area (TPSA) is 90.3 Å². The van der Waals surface area contributed by atoms with Crippen molar-refractivity contribution in [3.63, 3.8) is 0 Å². The number of aryl methyl sites for hydroxylation is 4. The first-order chi connectivity index (χ1) is 15.8. The predicted molar refractivity (Wildman–Crippen MR) is 129 cm³/mol. The number of hydrogen-bond acceptors (Lipinski definition) is 5. The zero-order valence-corrected chi connectivity index (χ0v) is 19.7. The second kappa shape index (κ2) is 10.9. The quantitative estimate of drug-likeness (QED) is 0.492. The van der Waals surface area contributed by atoms with Crippen LogP contribution in [0, 0.1) is 13.8 Å². The molecule has 2 aromatic carbocycles. The second-order valence-electron chi connectivity index (χ2n) is 8.25. The first-order valence-electron chi connectivity index (χ1n) is 11.4. The van der Waals surface area contributed by atoms with Crippen molar-refractivity contribution in [2.24, 2.45) is 0 Å². The number of benzene rings is 2. The van der Waals surface area contributed by atoms with E-state index in [4.69, 9.17) is 4.74 Å². The van der Waals surface area contributed by atoms with Gasteiger partial charge in [0.1, 0.15) is 5.69 Å². The Bertz CT molecular complexity index is 1200. The molecule has 3 aromatic rings. The Morgan fingerprint density at radius 2 is 1.79 bits per heavy atom. The van der Waals surface area contributed by atoms with Crippen molar-refractivity contribution >= 4 is 28.6 Å². The molecule has 0 aliphatic heterocycles. The number of hydrogen-bond donors (Lipinski definition) is 1. The fourth-order valence-electron chi connectivity index (χ4n) is 3.71. The summed E-state index contributed by atoms with van der Waals surface area (Å²) in [5, 5.41) is 2.83. The van der Waals surface area contributed by atoms with E-state index in [1.807, 2.05) is 56.3 Å². The Hall–Kier alpha value is -3.48. The molecule has 0 aliphatic rings. The van der Waals surface area contributed by atoms with Gasteiger partial charge in [-0.3, -0.25) is 14.4 Å². The van der Waals surface area contributed by atoms with Gasteiger partial charge in [-0.05, 0) is 50.5 Å². The van der Waals surface area contributed by atoms with Crippen molar-refractivity contribution in [1.82, 2.24) is 9.55 Å². The summed E-state index contributed by atoms with van der Waals surface area (Å²) in [7, 11) is 0. The number of aromatic nitrogens is 2. The fourth-order valence-corrected chi connectivity index (χ4v) is 3.71. The molecule has 1 amide bonds. The Balaban J connectivity index is 1.66. The van der Waals surface area contributed by atoms with Gasteiger partial charge in [0.05, 0.1) is 17.5 Å². The van der Waals surface area contributed by atoms with E-state index < -0.39 is 18.0 Å². The van der Waals surface area contributed by atoms with Crippen molar-refractivity contribution in [2.75, 3.05) is 5.32 Å². The molecule has 1 aromatic heterocycles. The van der Waals surface area contributed by atoms with Crippen LogP contribution in [0.25, 0.3) is 11.0 Å². The van der Waals surface area contributed by atoms with Gasteiger partial charge < -0.3 is 14.6 Å². The van der Waals surface area contributed by atoms with Gasteiger partial charge in [-0.25, -0.2) is 4.98 Å². The molecule has 0 spiro atoms. The predicted octanol–water partition coefficient (Wildman–Crippen LogP) is 4.32. The van der Waals surface area contributed by atoms with Crippen LogP contribution in [0.1, 0.15) is 49.9 Å². The normalized spacial score (nSPS) is 11.9. The number of carbonyl (C=O) groups excluding carboxylic acids is 2. The first-order valence-corrected chi connectivity index (χ1v) is 11.4. The van der Waals surface area contributed by atoms with E-state index in [9.17, 15) is 14.4 Å². The van der Waals surface area contributed by atoms with Crippen LogP contribution < -0.4 is 10.9 Å². The summed E-state index contributed by atoms with van der Waals surface area (Å²) in [6.07, 6.45) is 1.01. The SMILES string of the molecule is CCCCn1c(=O)c(CCC(=O)OC(C)C(=O)Nc2c(C)cccc2C)nc2ccccc21. The molecule has 1 unspecified atom stereocenters. The molecule has 1 atom stereocenters. The van der Waals surface area contributed by atoms with Crippen molar-refractivity contribution < 1.29 is 14.3 Å². The molecule has 1 N–H and O–H groups in total. The highest BCUT2D eigenvalue weighted by Gasteiger charge is 2.20. The second-order valence-corrected chi connectivity index (χ2v) is 8.25. The van der Waals surface area contributed by atoms with E-state index in [1.165, 1.54) is 6.92 Å². The number of fused-ring (bicyclic) bond motifs is 1. The molecule has 0 aliphatic carbocycles. The minimum Gasteiger partial charge on any atom is -0.453 e. The van der Waals surface area contributed by atoms with E-state index in [-0.39, 0.29) is 18.4 Å². The lowest BCUT2D eigenvalue weighted by molar-refractivity contribution is -0.153. The smallest absolute Gasteiger partial charge is 0.306 e.